The van der Waals surface area contributed by atoms with E-state index in [-0.39, 0.29) is 5.04 Å². The molecule has 1 aromatic carbocycles. The van der Waals surface area contributed by atoms with Crippen LogP contribution < -0.4 is 4.90 Å². The van der Waals surface area contributed by atoms with E-state index in [4.69, 9.17) is 4.43 Å². The molecule has 0 aromatic heterocycles. The standard InChI is InChI=1S/C16H23F2NO2Si/c1-15(2,3)22(4,5)21-10-12-6-8-13(9-7-12)19-11-16(17,18)14(19)20/h6-9H,10-11H2,1-5H3. The Bertz CT molecular complexity index is 565. The predicted molar refractivity (Wildman–Crippen MR) is 85.7 cm³/mol. The quantitative estimate of drug-likeness (QED) is 0.613. The summed E-state index contributed by atoms with van der Waals surface area (Å²) in [5, 5.41) is 0.141. The molecule has 122 valence electrons. The Morgan fingerprint density at radius 3 is 2.18 bits per heavy atom. The first-order chi connectivity index (χ1) is 9.94. The zero-order valence-electron chi connectivity index (χ0n) is 13.7. The normalized spacial score (nSPS) is 18.3. The lowest BCUT2D eigenvalue weighted by atomic mass is 10.1. The molecule has 0 bridgehead atoms. The molecule has 0 radical (unpaired) electrons. The zero-order valence-corrected chi connectivity index (χ0v) is 14.7. The Balaban J connectivity index is 1.98. The molecular formula is C16H23F2NO2Si. The van der Waals surface area contributed by atoms with Gasteiger partial charge in [0, 0.05) is 5.69 Å². The number of amides is 1. The van der Waals surface area contributed by atoms with Crippen LogP contribution in [0.25, 0.3) is 0 Å². The molecule has 2 rings (SSSR count). The molecule has 0 aliphatic carbocycles. The second-order valence-electron chi connectivity index (χ2n) is 7.31. The van der Waals surface area contributed by atoms with Crippen molar-refractivity contribution in [1.29, 1.82) is 0 Å². The zero-order chi connectivity index (χ0) is 16.8. The van der Waals surface area contributed by atoms with Gasteiger partial charge in [-0.2, -0.15) is 8.78 Å². The minimum absolute atomic E-state index is 0.141. The molecule has 1 saturated heterocycles. The Morgan fingerprint density at radius 2 is 1.77 bits per heavy atom. The number of alkyl halides is 2. The first-order valence-corrected chi connectivity index (χ1v) is 10.3. The molecule has 0 N–H and O–H groups in total. The second kappa shape index (κ2) is 5.42. The van der Waals surface area contributed by atoms with Gasteiger partial charge in [0.15, 0.2) is 8.32 Å². The summed E-state index contributed by atoms with van der Waals surface area (Å²) >= 11 is 0. The van der Waals surface area contributed by atoms with Crippen LogP contribution in [0, 0.1) is 0 Å². The summed E-state index contributed by atoms with van der Waals surface area (Å²) in [4.78, 5) is 12.4. The van der Waals surface area contributed by atoms with Gasteiger partial charge in [0.1, 0.15) is 0 Å². The third-order valence-electron chi connectivity index (χ3n) is 4.57. The lowest BCUT2D eigenvalue weighted by molar-refractivity contribution is -0.152. The number of halogens is 2. The maximum Gasteiger partial charge on any atom is 0.342 e. The van der Waals surface area contributed by atoms with E-state index in [2.05, 4.69) is 33.9 Å². The molecule has 1 amide bonds. The monoisotopic (exact) mass is 327 g/mol. The molecule has 1 heterocycles. The number of rotatable bonds is 4. The number of benzene rings is 1. The van der Waals surface area contributed by atoms with E-state index in [1.807, 2.05) is 12.1 Å². The fraction of sp³-hybridized carbons (Fsp3) is 0.562. The first kappa shape index (κ1) is 17.1. The number of carbonyl (C=O) groups excluding carboxylic acids is 1. The molecule has 0 unspecified atom stereocenters. The van der Waals surface area contributed by atoms with Crippen LogP contribution in [-0.2, 0) is 15.8 Å². The van der Waals surface area contributed by atoms with Crippen LogP contribution in [0.1, 0.15) is 26.3 Å². The highest BCUT2D eigenvalue weighted by molar-refractivity contribution is 6.74. The van der Waals surface area contributed by atoms with E-state index < -0.39 is 26.7 Å². The molecule has 0 atom stereocenters. The van der Waals surface area contributed by atoms with Crippen LogP contribution in [0.4, 0.5) is 14.5 Å². The molecule has 1 aliphatic rings. The summed E-state index contributed by atoms with van der Waals surface area (Å²) in [6.45, 7) is 10.9. The van der Waals surface area contributed by atoms with Gasteiger partial charge in [-0.1, -0.05) is 32.9 Å². The minimum atomic E-state index is -3.20. The van der Waals surface area contributed by atoms with Crippen molar-refractivity contribution in [2.75, 3.05) is 11.4 Å². The summed E-state index contributed by atoms with van der Waals surface area (Å²) in [6.07, 6.45) is 0. The molecule has 3 nitrogen and oxygen atoms in total. The number of β-lactam (4-membered cyclic amide) rings is 1. The highest BCUT2D eigenvalue weighted by Crippen LogP contribution is 2.37. The molecule has 6 heteroatoms. The highest BCUT2D eigenvalue weighted by atomic mass is 28.4. The molecule has 0 spiro atoms. The third-order valence-corrected chi connectivity index (χ3v) is 9.05. The van der Waals surface area contributed by atoms with Crippen molar-refractivity contribution in [3.63, 3.8) is 0 Å². The van der Waals surface area contributed by atoms with E-state index >= 15 is 0 Å². The molecule has 22 heavy (non-hydrogen) atoms. The van der Waals surface area contributed by atoms with Crippen molar-refractivity contribution < 1.29 is 18.0 Å². The topological polar surface area (TPSA) is 29.5 Å². The molecule has 1 aliphatic heterocycles. The number of carbonyl (C=O) groups is 1. The Morgan fingerprint density at radius 1 is 1.23 bits per heavy atom. The van der Waals surface area contributed by atoms with Gasteiger partial charge in [0.05, 0.1) is 13.2 Å². The van der Waals surface area contributed by atoms with Crippen molar-refractivity contribution in [2.24, 2.45) is 0 Å². The third kappa shape index (κ3) is 3.22. The Kier molecular flexibility index (Phi) is 4.21. The summed E-state index contributed by atoms with van der Waals surface area (Å²) in [5.74, 6) is -4.33. The predicted octanol–water partition coefficient (Wildman–Crippen LogP) is 4.19. The maximum atomic E-state index is 12.9. The summed E-state index contributed by atoms with van der Waals surface area (Å²) in [7, 11) is -1.81. The summed E-state index contributed by atoms with van der Waals surface area (Å²) in [5.41, 5.74) is 1.49. The largest absolute Gasteiger partial charge is 0.413 e. The SMILES string of the molecule is CC(C)(C)[Si](C)(C)OCc1ccc(N2CC(F)(F)C2=O)cc1. The second-order valence-corrected chi connectivity index (χ2v) is 12.1. The maximum absolute atomic E-state index is 12.9. The number of nitrogens with zero attached hydrogens (tertiary/aromatic N) is 1. The van der Waals surface area contributed by atoms with Gasteiger partial charge in [0.25, 0.3) is 5.91 Å². The summed E-state index contributed by atoms with van der Waals surface area (Å²) < 4.78 is 31.9. The first-order valence-electron chi connectivity index (χ1n) is 7.37. The van der Waals surface area contributed by atoms with Gasteiger partial charge in [0.2, 0.25) is 0 Å². The van der Waals surface area contributed by atoms with Gasteiger partial charge < -0.3 is 9.33 Å². The van der Waals surface area contributed by atoms with Crippen molar-refractivity contribution in [3.05, 3.63) is 29.8 Å². The van der Waals surface area contributed by atoms with Crippen LogP contribution in [0.2, 0.25) is 18.1 Å². The lowest BCUT2D eigenvalue weighted by Gasteiger charge is -2.38. The van der Waals surface area contributed by atoms with E-state index in [1.165, 1.54) is 0 Å². The van der Waals surface area contributed by atoms with E-state index in [1.54, 1.807) is 12.1 Å². The molecule has 1 fully saturated rings. The van der Waals surface area contributed by atoms with Crippen LogP contribution in [-0.4, -0.2) is 26.7 Å². The van der Waals surface area contributed by atoms with Crippen LogP contribution in [0.3, 0.4) is 0 Å². The fourth-order valence-electron chi connectivity index (χ4n) is 1.91. The van der Waals surface area contributed by atoms with Gasteiger partial charge in [-0.05, 0) is 35.8 Å². The van der Waals surface area contributed by atoms with Gasteiger partial charge in [-0.3, -0.25) is 4.79 Å². The van der Waals surface area contributed by atoms with Crippen molar-refractivity contribution in [3.8, 4) is 0 Å². The number of hydrogen-bond donors (Lipinski definition) is 0. The Labute approximate surface area is 131 Å². The molecular weight excluding hydrogens is 304 g/mol. The minimum Gasteiger partial charge on any atom is -0.413 e. The summed E-state index contributed by atoms with van der Waals surface area (Å²) in [6, 6.07) is 7.04. The van der Waals surface area contributed by atoms with Gasteiger partial charge in [-0.15, -0.1) is 0 Å². The smallest absolute Gasteiger partial charge is 0.342 e. The van der Waals surface area contributed by atoms with Crippen LogP contribution >= 0.6 is 0 Å². The van der Waals surface area contributed by atoms with Gasteiger partial charge >= 0.3 is 5.92 Å². The van der Waals surface area contributed by atoms with Crippen LogP contribution in [0.15, 0.2) is 24.3 Å². The number of anilines is 1. The molecule has 1 aromatic rings. The lowest BCUT2D eigenvalue weighted by Crippen LogP contribution is -2.62. The van der Waals surface area contributed by atoms with E-state index in [0.717, 1.165) is 10.5 Å². The van der Waals surface area contributed by atoms with Crippen molar-refractivity contribution >= 4 is 19.9 Å². The van der Waals surface area contributed by atoms with E-state index in [0.29, 0.717) is 12.3 Å². The van der Waals surface area contributed by atoms with E-state index in [9.17, 15) is 13.6 Å². The van der Waals surface area contributed by atoms with Gasteiger partial charge in [-0.25, -0.2) is 0 Å². The fourth-order valence-corrected chi connectivity index (χ4v) is 2.87. The van der Waals surface area contributed by atoms with Crippen molar-refractivity contribution in [2.45, 2.75) is 51.4 Å². The highest BCUT2D eigenvalue weighted by Gasteiger charge is 2.54. The van der Waals surface area contributed by atoms with Crippen LogP contribution in [0.5, 0.6) is 0 Å². The molecule has 0 saturated carbocycles. The average Bonchev–Trinajstić information content (AvgIpc) is 2.42. The number of hydrogen-bond acceptors (Lipinski definition) is 2. The van der Waals surface area contributed by atoms with Crippen molar-refractivity contribution in [1.82, 2.24) is 0 Å². The average molecular weight is 327 g/mol. The Hall–Kier alpha value is -1.27.